The minimum Gasteiger partial charge on any atom is -0.481 e. The Balaban J connectivity index is 1.69. The average Bonchev–Trinajstić information content (AvgIpc) is 2.89. The maximum Gasteiger partial charge on any atom is 0.306 e. The van der Waals surface area contributed by atoms with Gasteiger partial charge in [-0.05, 0) is 42.5 Å². The third-order valence-electron chi connectivity index (χ3n) is 4.24. The third kappa shape index (κ3) is 2.81. The molecule has 1 aliphatic heterocycles. The number of carbonyl (C=O) groups excluding carboxylic acids is 1. The van der Waals surface area contributed by atoms with E-state index in [1.165, 1.54) is 12.1 Å². The van der Waals surface area contributed by atoms with Crippen molar-refractivity contribution in [3.63, 3.8) is 0 Å². The maximum atomic E-state index is 13.3. The zero-order chi connectivity index (χ0) is 15.7. The first-order chi connectivity index (χ1) is 10.5. The summed E-state index contributed by atoms with van der Waals surface area (Å²) in [4.78, 5) is 24.9. The molecule has 0 unspecified atom stereocenters. The second-order valence-corrected chi connectivity index (χ2v) is 5.64. The molecule has 2 aromatic rings. The zero-order valence-corrected chi connectivity index (χ0v) is 12.0. The highest BCUT2D eigenvalue weighted by molar-refractivity contribution is 5.83. The predicted octanol–water partition coefficient (Wildman–Crippen LogP) is 2.10. The van der Waals surface area contributed by atoms with Crippen LogP contribution in [0, 0.1) is 11.7 Å². The smallest absolute Gasteiger partial charge is 0.306 e. The van der Waals surface area contributed by atoms with Gasteiger partial charge in [0.25, 0.3) is 0 Å². The fourth-order valence-corrected chi connectivity index (χ4v) is 2.92. The second-order valence-electron chi connectivity index (χ2n) is 5.64. The number of aliphatic carboxylic acids is 1. The topological polar surface area (TPSA) is 62.5 Å². The Labute approximate surface area is 126 Å². The summed E-state index contributed by atoms with van der Waals surface area (Å²) in [5, 5.41) is 9.86. The highest BCUT2D eigenvalue weighted by Crippen LogP contribution is 2.20. The van der Waals surface area contributed by atoms with Crippen molar-refractivity contribution in [3.8, 4) is 0 Å². The number of aromatic nitrogens is 1. The van der Waals surface area contributed by atoms with Gasteiger partial charge in [0, 0.05) is 19.3 Å². The Morgan fingerprint density at radius 2 is 1.95 bits per heavy atom. The van der Waals surface area contributed by atoms with E-state index in [0.717, 1.165) is 5.39 Å². The van der Waals surface area contributed by atoms with Crippen LogP contribution in [0.1, 0.15) is 12.8 Å². The van der Waals surface area contributed by atoms with Crippen molar-refractivity contribution in [2.45, 2.75) is 19.4 Å². The summed E-state index contributed by atoms with van der Waals surface area (Å²) in [7, 11) is 0. The Hall–Kier alpha value is -2.37. The molecule has 3 rings (SSSR count). The molecule has 1 aromatic heterocycles. The van der Waals surface area contributed by atoms with Crippen molar-refractivity contribution in [3.05, 3.63) is 36.3 Å². The lowest BCUT2D eigenvalue weighted by atomic mass is 9.97. The van der Waals surface area contributed by atoms with Crippen LogP contribution in [-0.4, -0.2) is 39.5 Å². The monoisotopic (exact) mass is 304 g/mol. The number of hydrogen-bond donors (Lipinski definition) is 1. The fraction of sp³-hybridized carbons (Fsp3) is 0.375. The lowest BCUT2D eigenvalue weighted by Crippen LogP contribution is -2.41. The number of amides is 1. The van der Waals surface area contributed by atoms with Gasteiger partial charge in [0.1, 0.15) is 12.4 Å². The molecular formula is C16H17FN2O3. The molecule has 0 aliphatic carbocycles. The van der Waals surface area contributed by atoms with E-state index in [9.17, 15) is 14.0 Å². The van der Waals surface area contributed by atoms with Crippen molar-refractivity contribution >= 4 is 22.8 Å². The third-order valence-corrected chi connectivity index (χ3v) is 4.24. The predicted molar refractivity (Wildman–Crippen MR) is 78.8 cm³/mol. The van der Waals surface area contributed by atoms with Crippen molar-refractivity contribution in [2.24, 2.45) is 5.92 Å². The van der Waals surface area contributed by atoms with Crippen molar-refractivity contribution in [1.82, 2.24) is 9.47 Å². The quantitative estimate of drug-likeness (QED) is 0.944. The van der Waals surface area contributed by atoms with Crippen molar-refractivity contribution in [2.75, 3.05) is 13.1 Å². The summed E-state index contributed by atoms with van der Waals surface area (Å²) >= 11 is 0. The van der Waals surface area contributed by atoms with Gasteiger partial charge in [-0.3, -0.25) is 9.59 Å². The molecule has 0 radical (unpaired) electrons. The van der Waals surface area contributed by atoms with E-state index >= 15 is 0 Å². The number of carbonyl (C=O) groups is 2. The largest absolute Gasteiger partial charge is 0.481 e. The lowest BCUT2D eigenvalue weighted by Gasteiger charge is -2.30. The van der Waals surface area contributed by atoms with Gasteiger partial charge in [0.05, 0.1) is 11.4 Å². The Morgan fingerprint density at radius 1 is 1.23 bits per heavy atom. The summed E-state index contributed by atoms with van der Waals surface area (Å²) < 4.78 is 15.1. The first-order valence-electron chi connectivity index (χ1n) is 7.29. The van der Waals surface area contributed by atoms with Gasteiger partial charge in [-0.1, -0.05) is 0 Å². The average molecular weight is 304 g/mol. The lowest BCUT2D eigenvalue weighted by molar-refractivity contribution is -0.145. The van der Waals surface area contributed by atoms with Gasteiger partial charge in [-0.15, -0.1) is 0 Å². The highest BCUT2D eigenvalue weighted by Gasteiger charge is 2.27. The summed E-state index contributed by atoms with van der Waals surface area (Å²) in [5.74, 6) is -1.54. The standard InChI is InChI=1S/C16H17FN2O3/c17-13-2-1-11-3-8-19(14(11)9-13)10-15(20)18-6-4-12(5-7-18)16(21)22/h1-3,8-9,12H,4-7,10H2,(H,21,22). The van der Waals surface area contributed by atoms with E-state index < -0.39 is 5.97 Å². The molecule has 2 heterocycles. The van der Waals surface area contributed by atoms with E-state index in [1.54, 1.807) is 21.7 Å². The van der Waals surface area contributed by atoms with E-state index in [4.69, 9.17) is 5.11 Å². The summed E-state index contributed by atoms with van der Waals surface area (Å²) in [6.45, 7) is 1.07. The number of fused-ring (bicyclic) bond motifs is 1. The fourth-order valence-electron chi connectivity index (χ4n) is 2.92. The Bertz CT molecular complexity index is 717. The van der Waals surface area contributed by atoms with Crippen LogP contribution >= 0.6 is 0 Å². The summed E-state index contributed by atoms with van der Waals surface area (Å²) in [5.41, 5.74) is 0.689. The normalized spacial score (nSPS) is 16.1. The highest BCUT2D eigenvalue weighted by atomic mass is 19.1. The van der Waals surface area contributed by atoms with Crippen LogP contribution in [0.5, 0.6) is 0 Å². The van der Waals surface area contributed by atoms with Gasteiger partial charge in [-0.25, -0.2) is 4.39 Å². The Morgan fingerprint density at radius 3 is 2.64 bits per heavy atom. The molecule has 1 aromatic carbocycles. The molecule has 1 saturated heterocycles. The van der Waals surface area contributed by atoms with Crippen molar-refractivity contribution in [1.29, 1.82) is 0 Å². The molecule has 1 amide bonds. The van der Waals surface area contributed by atoms with Gasteiger partial charge < -0.3 is 14.6 Å². The second kappa shape index (κ2) is 5.79. The number of carboxylic acids is 1. The van der Waals surface area contributed by atoms with Gasteiger partial charge in [-0.2, -0.15) is 0 Å². The molecule has 0 bridgehead atoms. The van der Waals surface area contributed by atoms with Crippen LogP contribution in [0.3, 0.4) is 0 Å². The van der Waals surface area contributed by atoms with Crippen molar-refractivity contribution < 1.29 is 19.1 Å². The number of benzene rings is 1. The molecule has 1 fully saturated rings. The van der Waals surface area contributed by atoms with E-state index in [-0.39, 0.29) is 24.2 Å². The first-order valence-corrected chi connectivity index (χ1v) is 7.29. The summed E-state index contributed by atoms with van der Waals surface area (Å²) in [6, 6.07) is 6.34. The maximum absolute atomic E-state index is 13.3. The van der Waals surface area contributed by atoms with Crippen LogP contribution < -0.4 is 0 Å². The molecule has 6 heteroatoms. The summed E-state index contributed by atoms with van der Waals surface area (Å²) in [6.07, 6.45) is 2.75. The minimum atomic E-state index is -0.793. The number of rotatable bonds is 3. The minimum absolute atomic E-state index is 0.0643. The number of hydrogen-bond acceptors (Lipinski definition) is 2. The SMILES string of the molecule is O=C(O)C1CCN(C(=O)Cn2ccc3ccc(F)cc32)CC1. The van der Waals surface area contributed by atoms with Crippen LogP contribution in [0.15, 0.2) is 30.5 Å². The number of carboxylic acid groups (broad SMARTS) is 1. The first kappa shape index (κ1) is 14.6. The Kier molecular flexibility index (Phi) is 3.83. The van der Waals surface area contributed by atoms with E-state index in [2.05, 4.69) is 0 Å². The number of nitrogens with zero attached hydrogens (tertiary/aromatic N) is 2. The van der Waals surface area contributed by atoms with Gasteiger partial charge >= 0.3 is 5.97 Å². The number of likely N-dealkylation sites (tertiary alicyclic amines) is 1. The van der Waals surface area contributed by atoms with Crippen LogP contribution in [0.25, 0.3) is 10.9 Å². The molecule has 1 N–H and O–H groups in total. The molecule has 0 atom stereocenters. The molecular weight excluding hydrogens is 287 g/mol. The molecule has 1 aliphatic rings. The molecule has 116 valence electrons. The number of piperidine rings is 1. The van der Waals surface area contributed by atoms with E-state index in [1.807, 2.05) is 6.07 Å². The van der Waals surface area contributed by atoms with Crippen LogP contribution in [-0.2, 0) is 16.1 Å². The molecule has 22 heavy (non-hydrogen) atoms. The molecule has 0 saturated carbocycles. The van der Waals surface area contributed by atoms with Crippen LogP contribution in [0.2, 0.25) is 0 Å². The molecule has 5 nitrogen and oxygen atoms in total. The molecule has 0 spiro atoms. The number of halogens is 1. The zero-order valence-electron chi connectivity index (χ0n) is 12.0. The van der Waals surface area contributed by atoms with Gasteiger partial charge in [0.2, 0.25) is 5.91 Å². The van der Waals surface area contributed by atoms with Gasteiger partial charge in [0.15, 0.2) is 0 Å². The van der Waals surface area contributed by atoms with E-state index in [0.29, 0.717) is 31.4 Å². The van der Waals surface area contributed by atoms with Crippen LogP contribution in [0.4, 0.5) is 4.39 Å².